The fourth-order valence-electron chi connectivity index (χ4n) is 6.05. The molecule has 2 saturated heterocycles. The number of amides is 3. The van der Waals surface area contributed by atoms with Crippen LogP contribution in [-0.4, -0.2) is 65.2 Å². The fourth-order valence-corrected chi connectivity index (χ4v) is 6.05. The van der Waals surface area contributed by atoms with Gasteiger partial charge >= 0.3 is 6.03 Å². The molecule has 3 fully saturated rings. The van der Waals surface area contributed by atoms with E-state index in [0.29, 0.717) is 24.5 Å². The van der Waals surface area contributed by atoms with Gasteiger partial charge in [0, 0.05) is 36.7 Å². The summed E-state index contributed by atoms with van der Waals surface area (Å²) in [5.41, 5.74) is 1.32. The van der Waals surface area contributed by atoms with E-state index in [4.69, 9.17) is 4.74 Å². The number of methoxy groups -OCH3 is 1. The highest BCUT2D eigenvalue weighted by Crippen LogP contribution is 2.55. The number of anilines is 1. The van der Waals surface area contributed by atoms with Crippen LogP contribution in [0.4, 0.5) is 10.5 Å². The summed E-state index contributed by atoms with van der Waals surface area (Å²) < 4.78 is 5.24. The highest BCUT2D eigenvalue weighted by Gasteiger charge is 2.68. The molecule has 2 N–H and O–H groups in total. The maximum Gasteiger partial charge on any atom is 0.322 e. The second-order valence-electron chi connectivity index (χ2n) is 9.45. The number of likely N-dealkylation sites (tertiary alicyclic amines) is 2. The molecular formula is C26H31N3O4. The van der Waals surface area contributed by atoms with Gasteiger partial charge < -0.3 is 25.0 Å². The van der Waals surface area contributed by atoms with Gasteiger partial charge in [0.1, 0.15) is 5.75 Å². The van der Waals surface area contributed by atoms with Crippen LogP contribution >= 0.6 is 0 Å². The van der Waals surface area contributed by atoms with Gasteiger partial charge in [0.05, 0.1) is 25.3 Å². The summed E-state index contributed by atoms with van der Waals surface area (Å²) in [6, 6.07) is 16.9. The molecule has 1 saturated carbocycles. The smallest absolute Gasteiger partial charge is 0.322 e. The van der Waals surface area contributed by atoms with Crippen LogP contribution in [0.1, 0.15) is 37.2 Å². The summed E-state index contributed by atoms with van der Waals surface area (Å²) in [6.07, 6.45) is 4.00. The summed E-state index contributed by atoms with van der Waals surface area (Å²) in [7, 11) is 1.59. The van der Waals surface area contributed by atoms with Crippen molar-refractivity contribution in [2.45, 2.75) is 43.2 Å². The van der Waals surface area contributed by atoms with Gasteiger partial charge in [-0.05, 0) is 30.5 Å². The molecule has 0 unspecified atom stereocenters. The molecule has 2 aliphatic heterocycles. The Bertz CT molecular complexity index is 1020. The van der Waals surface area contributed by atoms with Crippen LogP contribution in [-0.2, 0) is 4.79 Å². The predicted octanol–water partition coefficient (Wildman–Crippen LogP) is 3.46. The standard InChI is InChI=1S/C26H31N3O4/c1-33-21-13-7-12-20(14-21)27-25(32)28-16-26(17-28)23(18-8-3-2-4-9-18)22(15-30)29(26)24(31)19-10-5-6-11-19/h2-4,7-9,12-14,19,22-23,30H,5-6,10-11,15-17H2,1H3,(H,27,32)/t22-,23-/m1/s1. The van der Waals surface area contributed by atoms with Crippen LogP contribution < -0.4 is 10.1 Å². The lowest BCUT2D eigenvalue weighted by atomic mass is 9.60. The molecule has 3 aliphatic rings. The lowest BCUT2D eigenvalue weighted by Crippen LogP contribution is -2.86. The first-order valence-corrected chi connectivity index (χ1v) is 11.8. The third-order valence-electron chi connectivity index (χ3n) is 7.60. The molecule has 0 radical (unpaired) electrons. The number of hydrogen-bond donors (Lipinski definition) is 2. The Labute approximate surface area is 194 Å². The number of hydrogen-bond acceptors (Lipinski definition) is 4. The van der Waals surface area contributed by atoms with Crippen molar-refractivity contribution in [3.8, 4) is 5.75 Å². The highest BCUT2D eigenvalue weighted by molar-refractivity contribution is 5.91. The average Bonchev–Trinajstić information content (AvgIpc) is 3.33. The van der Waals surface area contributed by atoms with Crippen molar-refractivity contribution in [3.63, 3.8) is 0 Å². The normalized spacial score (nSPS) is 23.7. The molecule has 0 bridgehead atoms. The van der Waals surface area contributed by atoms with Crippen LogP contribution in [0.2, 0.25) is 0 Å². The Balaban J connectivity index is 1.37. The molecule has 7 nitrogen and oxygen atoms in total. The van der Waals surface area contributed by atoms with Crippen LogP contribution in [0.3, 0.4) is 0 Å². The molecule has 3 amide bonds. The van der Waals surface area contributed by atoms with Gasteiger partial charge in [-0.25, -0.2) is 4.79 Å². The summed E-state index contributed by atoms with van der Waals surface area (Å²) in [4.78, 5) is 30.1. The van der Waals surface area contributed by atoms with Crippen molar-refractivity contribution >= 4 is 17.6 Å². The number of nitrogens with one attached hydrogen (secondary N) is 1. The Morgan fingerprint density at radius 3 is 2.48 bits per heavy atom. The second kappa shape index (κ2) is 8.71. The molecule has 174 valence electrons. The minimum atomic E-state index is -0.458. The van der Waals surface area contributed by atoms with E-state index in [1.54, 1.807) is 18.1 Å². The quantitative estimate of drug-likeness (QED) is 0.733. The van der Waals surface area contributed by atoms with Gasteiger partial charge in [-0.15, -0.1) is 0 Å². The first-order valence-electron chi connectivity index (χ1n) is 11.8. The lowest BCUT2D eigenvalue weighted by Gasteiger charge is -2.70. The number of aliphatic hydroxyl groups is 1. The molecule has 7 heteroatoms. The number of aliphatic hydroxyl groups excluding tert-OH is 1. The monoisotopic (exact) mass is 449 g/mol. The molecule has 0 aromatic heterocycles. The van der Waals surface area contributed by atoms with Crippen LogP contribution in [0, 0.1) is 5.92 Å². The van der Waals surface area contributed by atoms with Gasteiger partial charge in [-0.2, -0.15) is 0 Å². The zero-order valence-electron chi connectivity index (χ0n) is 18.9. The zero-order valence-corrected chi connectivity index (χ0v) is 18.9. The number of urea groups is 1. The van der Waals surface area contributed by atoms with E-state index in [1.807, 2.05) is 41.3 Å². The predicted molar refractivity (Wildman–Crippen MR) is 125 cm³/mol. The fraction of sp³-hybridized carbons (Fsp3) is 0.462. The number of rotatable bonds is 5. The Morgan fingerprint density at radius 2 is 1.82 bits per heavy atom. The first kappa shape index (κ1) is 21.8. The molecule has 2 atom stereocenters. The summed E-state index contributed by atoms with van der Waals surface area (Å²) in [5.74, 6) is 0.865. The van der Waals surface area contributed by atoms with E-state index in [1.165, 1.54) is 0 Å². The molecular weight excluding hydrogens is 418 g/mol. The largest absolute Gasteiger partial charge is 0.497 e. The Hall–Kier alpha value is -3.06. The maximum atomic E-state index is 13.5. The van der Waals surface area contributed by atoms with Crippen molar-refractivity contribution in [3.05, 3.63) is 60.2 Å². The van der Waals surface area contributed by atoms with Crippen molar-refractivity contribution in [2.24, 2.45) is 5.92 Å². The van der Waals surface area contributed by atoms with Gasteiger partial charge in [-0.3, -0.25) is 4.79 Å². The maximum absolute atomic E-state index is 13.5. The molecule has 1 aliphatic carbocycles. The molecule has 2 aromatic carbocycles. The summed E-state index contributed by atoms with van der Waals surface area (Å²) >= 11 is 0. The van der Waals surface area contributed by atoms with Gasteiger partial charge in [0.15, 0.2) is 0 Å². The topological polar surface area (TPSA) is 82.1 Å². The third kappa shape index (κ3) is 3.64. The summed E-state index contributed by atoms with van der Waals surface area (Å²) in [5, 5.41) is 13.2. The van der Waals surface area contributed by atoms with Gasteiger partial charge in [0.25, 0.3) is 0 Å². The van der Waals surface area contributed by atoms with Crippen molar-refractivity contribution < 1.29 is 19.4 Å². The van der Waals surface area contributed by atoms with E-state index in [9.17, 15) is 14.7 Å². The van der Waals surface area contributed by atoms with Crippen LogP contribution in [0.15, 0.2) is 54.6 Å². The lowest BCUT2D eigenvalue weighted by molar-refractivity contribution is -0.196. The SMILES string of the molecule is COc1cccc(NC(=O)N2CC3(C2)[C@H](c2ccccc2)[C@@H](CO)N3C(=O)C2CCCC2)c1. The second-order valence-corrected chi connectivity index (χ2v) is 9.45. The molecule has 2 aromatic rings. The summed E-state index contributed by atoms with van der Waals surface area (Å²) in [6.45, 7) is 0.838. The molecule has 5 rings (SSSR count). The van der Waals surface area contributed by atoms with E-state index in [2.05, 4.69) is 17.4 Å². The Morgan fingerprint density at radius 1 is 1.09 bits per heavy atom. The van der Waals surface area contributed by atoms with E-state index >= 15 is 0 Å². The number of carbonyl (C=O) groups is 2. The van der Waals surface area contributed by atoms with Gasteiger partial charge in [-0.1, -0.05) is 49.2 Å². The number of ether oxygens (including phenoxy) is 1. The van der Waals surface area contributed by atoms with Crippen LogP contribution in [0.5, 0.6) is 5.75 Å². The minimum absolute atomic E-state index is 0.00919. The molecule has 1 spiro atoms. The average molecular weight is 450 g/mol. The minimum Gasteiger partial charge on any atom is -0.497 e. The van der Waals surface area contributed by atoms with E-state index in [0.717, 1.165) is 31.2 Å². The van der Waals surface area contributed by atoms with Gasteiger partial charge in [0.2, 0.25) is 5.91 Å². The zero-order chi connectivity index (χ0) is 23.0. The van der Waals surface area contributed by atoms with Crippen molar-refractivity contribution in [1.29, 1.82) is 0 Å². The van der Waals surface area contributed by atoms with Crippen molar-refractivity contribution in [2.75, 3.05) is 32.1 Å². The van der Waals surface area contributed by atoms with Crippen molar-refractivity contribution in [1.82, 2.24) is 9.80 Å². The highest BCUT2D eigenvalue weighted by atomic mass is 16.5. The number of carbonyl (C=O) groups excluding carboxylic acids is 2. The molecule has 33 heavy (non-hydrogen) atoms. The number of benzene rings is 2. The first-order chi connectivity index (χ1) is 16.1. The van der Waals surface area contributed by atoms with Crippen LogP contribution in [0.25, 0.3) is 0 Å². The van der Waals surface area contributed by atoms with E-state index in [-0.39, 0.29) is 36.4 Å². The number of nitrogens with zero attached hydrogens (tertiary/aromatic N) is 2. The molecule has 2 heterocycles. The third-order valence-corrected chi connectivity index (χ3v) is 7.60. The van der Waals surface area contributed by atoms with E-state index < -0.39 is 5.54 Å². The Kier molecular flexibility index (Phi) is 5.74.